The molecular formula is C13H9BrN2O2. The van der Waals surface area contributed by atoms with Crippen LogP contribution in [0.3, 0.4) is 0 Å². The van der Waals surface area contributed by atoms with Crippen LogP contribution >= 0.6 is 15.9 Å². The molecule has 18 heavy (non-hydrogen) atoms. The lowest BCUT2D eigenvalue weighted by atomic mass is 10.2. The van der Waals surface area contributed by atoms with E-state index >= 15 is 0 Å². The van der Waals surface area contributed by atoms with Gasteiger partial charge in [0.15, 0.2) is 0 Å². The smallest absolute Gasteiger partial charge is 0.265 e. The van der Waals surface area contributed by atoms with Crippen molar-refractivity contribution in [1.29, 1.82) is 0 Å². The van der Waals surface area contributed by atoms with Crippen LogP contribution in [0.5, 0.6) is 5.75 Å². The van der Waals surface area contributed by atoms with E-state index in [0.717, 1.165) is 4.47 Å². The molecule has 1 aromatic carbocycles. The van der Waals surface area contributed by atoms with Crippen LogP contribution in [-0.2, 0) is 0 Å². The van der Waals surface area contributed by atoms with E-state index in [0.29, 0.717) is 22.3 Å². The fourth-order valence-electron chi connectivity index (χ4n) is 1.88. The van der Waals surface area contributed by atoms with Crippen molar-refractivity contribution >= 4 is 32.5 Å². The molecule has 0 aliphatic rings. The van der Waals surface area contributed by atoms with Crippen molar-refractivity contribution in [3.05, 3.63) is 51.4 Å². The van der Waals surface area contributed by atoms with E-state index < -0.39 is 0 Å². The van der Waals surface area contributed by atoms with E-state index in [1.54, 1.807) is 37.6 Å². The van der Waals surface area contributed by atoms with Gasteiger partial charge in [0.2, 0.25) is 0 Å². The highest BCUT2D eigenvalue weighted by Gasteiger charge is 2.06. The summed E-state index contributed by atoms with van der Waals surface area (Å²) in [5, 5.41) is 0.546. The largest absolute Gasteiger partial charge is 0.497 e. The maximum Gasteiger partial charge on any atom is 0.265 e. The van der Waals surface area contributed by atoms with E-state index in [9.17, 15) is 4.79 Å². The Labute approximate surface area is 111 Å². The minimum Gasteiger partial charge on any atom is -0.497 e. The summed E-state index contributed by atoms with van der Waals surface area (Å²) >= 11 is 3.35. The molecule has 0 fully saturated rings. The number of halogens is 1. The lowest BCUT2D eigenvalue weighted by Gasteiger charge is -2.05. The Morgan fingerprint density at radius 1 is 1.28 bits per heavy atom. The summed E-state index contributed by atoms with van der Waals surface area (Å²) in [5.74, 6) is 0.649. The molecule has 5 heteroatoms. The first-order valence-electron chi connectivity index (χ1n) is 5.35. The molecule has 3 aromatic rings. The van der Waals surface area contributed by atoms with Crippen LogP contribution in [0.1, 0.15) is 0 Å². The van der Waals surface area contributed by atoms with Gasteiger partial charge < -0.3 is 4.74 Å². The number of benzene rings is 1. The molecule has 0 saturated heterocycles. The molecule has 2 aromatic heterocycles. The van der Waals surface area contributed by atoms with Crippen molar-refractivity contribution in [2.45, 2.75) is 0 Å². The molecule has 4 nitrogen and oxygen atoms in total. The Morgan fingerprint density at radius 3 is 2.89 bits per heavy atom. The van der Waals surface area contributed by atoms with Crippen molar-refractivity contribution in [2.75, 3.05) is 7.11 Å². The van der Waals surface area contributed by atoms with Crippen LogP contribution in [0.2, 0.25) is 0 Å². The van der Waals surface area contributed by atoms with Crippen molar-refractivity contribution < 1.29 is 4.74 Å². The number of rotatable bonds is 1. The van der Waals surface area contributed by atoms with Gasteiger partial charge in [-0.2, -0.15) is 0 Å². The van der Waals surface area contributed by atoms with E-state index in [1.807, 2.05) is 6.07 Å². The van der Waals surface area contributed by atoms with E-state index in [2.05, 4.69) is 20.9 Å². The molecule has 0 aliphatic carbocycles. The first-order chi connectivity index (χ1) is 8.69. The van der Waals surface area contributed by atoms with Gasteiger partial charge >= 0.3 is 0 Å². The zero-order valence-corrected chi connectivity index (χ0v) is 11.1. The third kappa shape index (κ3) is 1.67. The molecule has 0 unspecified atom stereocenters. The number of hydrogen-bond donors (Lipinski definition) is 0. The highest BCUT2D eigenvalue weighted by Crippen LogP contribution is 2.18. The molecule has 0 radical (unpaired) electrons. The Bertz CT molecular complexity index is 811. The Morgan fingerprint density at radius 2 is 2.11 bits per heavy atom. The molecule has 0 atom stereocenters. The van der Waals surface area contributed by atoms with Gasteiger partial charge in [0.25, 0.3) is 5.56 Å². The summed E-state index contributed by atoms with van der Waals surface area (Å²) in [4.78, 5) is 16.8. The number of methoxy groups -OCH3 is 1. The van der Waals surface area contributed by atoms with E-state index in [4.69, 9.17) is 4.74 Å². The van der Waals surface area contributed by atoms with Gasteiger partial charge in [-0.15, -0.1) is 0 Å². The van der Waals surface area contributed by atoms with Crippen LogP contribution < -0.4 is 10.3 Å². The molecule has 0 aliphatic heterocycles. The summed E-state index contributed by atoms with van der Waals surface area (Å²) in [6.45, 7) is 0. The van der Waals surface area contributed by atoms with Gasteiger partial charge in [-0.25, -0.2) is 4.98 Å². The monoisotopic (exact) mass is 304 g/mol. The zero-order chi connectivity index (χ0) is 12.7. The average molecular weight is 305 g/mol. The fraction of sp³-hybridized carbons (Fsp3) is 0.0769. The quantitative estimate of drug-likeness (QED) is 0.649. The number of ether oxygens (including phenoxy) is 1. The number of pyridine rings is 1. The standard InChI is InChI=1S/C13H9BrN2O2/c1-18-9-3-4-11-10(6-9)13(17)16-7-8(14)2-5-12(16)15-11/h2-7H,1H3. The Hall–Kier alpha value is -1.88. The molecule has 0 saturated carbocycles. The molecule has 2 heterocycles. The summed E-state index contributed by atoms with van der Waals surface area (Å²) < 4.78 is 7.48. The van der Waals surface area contributed by atoms with Crippen molar-refractivity contribution in [1.82, 2.24) is 9.38 Å². The Kier molecular flexibility index (Phi) is 2.56. The second-order valence-electron chi connectivity index (χ2n) is 3.88. The number of hydrogen-bond acceptors (Lipinski definition) is 3. The predicted octanol–water partition coefficient (Wildman–Crippen LogP) is 2.62. The maximum atomic E-state index is 12.4. The number of aromatic nitrogens is 2. The van der Waals surface area contributed by atoms with Gasteiger partial charge in [-0.05, 0) is 46.3 Å². The molecule has 0 bridgehead atoms. The van der Waals surface area contributed by atoms with Gasteiger partial charge in [-0.1, -0.05) is 0 Å². The SMILES string of the molecule is COc1ccc2nc3ccc(Br)cn3c(=O)c2c1. The minimum atomic E-state index is -0.102. The van der Waals surface area contributed by atoms with Gasteiger partial charge in [0.05, 0.1) is 18.0 Å². The number of nitrogens with zero attached hydrogens (tertiary/aromatic N) is 2. The van der Waals surface area contributed by atoms with Crippen LogP contribution in [0.15, 0.2) is 45.8 Å². The average Bonchev–Trinajstić information content (AvgIpc) is 2.40. The fourth-order valence-corrected chi connectivity index (χ4v) is 2.22. The van der Waals surface area contributed by atoms with E-state index in [-0.39, 0.29) is 5.56 Å². The maximum absolute atomic E-state index is 12.4. The molecule has 0 spiro atoms. The summed E-state index contributed by atoms with van der Waals surface area (Å²) in [6.07, 6.45) is 1.71. The molecule has 0 amide bonds. The van der Waals surface area contributed by atoms with Crippen molar-refractivity contribution in [3.63, 3.8) is 0 Å². The predicted molar refractivity (Wildman–Crippen MR) is 73.2 cm³/mol. The third-order valence-corrected chi connectivity index (χ3v) is 3.25. The lowest BCUT2D eigenvalue weighted by molar-refractivity contribution is 0.415. The second kappa shape index (κ2) is 4.10. The number of fused-ring (bicyclic) bond motifs is 2. The molecular weight excluding hydrogens is 296 g/mol. The Balaban J connectivity index is 2.49. The van der Waals surface area contributed by atoms with Crippen LogP contribution in [0.25, 0.3) is 16.6 Å². The summed E-state index contributed by atoms with van der Waals surface area (Å²) in [7, 11) is 1.57. The highest BCUT2D eigenvalue weighted by atomic mass is 79.9. The van der Waals surface area contributed by atoms with Crippen molar-refractivity contribution in [2.24, 2.45) is 0 Å². The summed E-state index contributed by atoms with van der Waals surface area (Å²) in [6, 6.07) is 8.95. The molecule has 3 rings (SSSR count). The topological polar surface area (TPSA) is 43.6 Å². The summed E-state index contributed by atoms with van der Waals surface area (Å²) in [5.41, 5.74) is 1.19. The highest BCUT2D eigenvalue weighted by molar-refractivity contribution is 9.10. The normalized spacial score (nSPS) is 11.0. The lowest BCUT2D eigenvalue weighted by Crippen LogP contribution is -2.15. The van der Waals surface area contributed by atoms with Gasteiger partial charge in [0.1, 0.15) is 11.4 Å². The van der Waals surface area contributed by atoms with Crippen LogP contribution in [-0.4, -0.2) is 16.5 Å². The third-order valence-electron chi connectivity index (χ3n) is 2.78. The zero-order valence-electron chi connectivity index (χ0n) is 9.55. The van der Waals surface area contributed by atoms with Gasteiger partial charge in [0, 0.05) is 10.7 Å². The van der Waals surface area contributed by atoms with E-state index in [1.165, 1.54) is 4.40 Å². The first-order valence-corrected chi connectivity index (χ1v) is 6.14. The first kappa shape index (κ1) is 11.2. The van der Waals surface area contributed by atoms with Crippen LogP contribution in [0, 0.1) is 0 Å². The molecule has 0 N–H and O–H groups in total. The van der Waals surface area contributed by atoms with Crippen LogP contribution in [0.4, 0.5) is 0 Å². The second-order valence-corrected chi connectivity index (χ2v) is 4.79. The van der Waals surface area contributed by atoms with Crippen molar-refractivity contribution in [3.8, 4) is 5.75 Å². The molecule has 90 valence electrons. The minimum absolute atomic E-state index is 0.102. The van der Waals surface area contributed by atoms with Gasteiger partial charge in [-0.3, -0.25) is 9.20 Å².